The highest BCUT2D eigenvalue weighted by molar-refractivity contribution is 5.08. The van der Waals surface area contributed by atoms with E-state index in [0.717, 1.165) is 38.3 Å². The Kier molecular flexibility index (Phi) is 6.73. The van der Waals surface area contributed by atoms with Gasteiger partial charge in [0, 0.05) is 13.2 Å². The highest BCUT2D eigenvalue weighted by Crippen LogP contribution is 2.08. The SMILES string of the molecule is C/C(=C/CCNCC(C)C)CCc1cnn(C)c1. The maximum atomic E-state index is 4.18. The molecule has 102 valence electrons. The minimum Gasteiger partial charge on any atom is -0.316 e. The van der Waals surface area contributed by atoms with E-state index in [1.807, 2.05) is 17.9 Å². The molecule has 0 fully saturated rings. The third kappa shape index (κ3) is 6.60. The molecule has 0 atom stereocenters. The van der Waals surface area contributed by atoms with Crippen molar-refractivity contribution in [1.29, 1.82) is 0 Å². The topological polar surface area (TPSA) is 29.9 Å². The Morgan fingerprint density at radius 2 is 2.28 bits per heavy atom. The van der Waals surface area contributed by atoms with Gasteiger partial charge in [-0.1, -0.05) is 25.5 Å². The molecular formula is C15H27N3. The molecule has 1 aromatic rings. The maximum absolute atomic E-state index is 4.18. The molecule has 3 heteroatoms. The van der Waals surface area contributed by atoms with Crippen LogP contribution in [0.15, 0.2) is 24.0 Å². The van der Waals surface area contributed by atoms with Gasteiger partial charge in [-0.25, -0.2) is 0 Å². The fourth-order valence-corrected chi connectivity index (χ4v) is 1.86. The van der Waals surface area contributed by atoms with Gasteiger partial charge in [-0.15, -0.1) is 0 Å². The zero-order chi connectivity index (χ0) is 13.4. The summed E-state index contributed by atoms with van der Waals surface area (Å²) in [6.07, 6.45) is 9.76. The summed E-state index contributed by atoms with van der Waals surface area (Å²) in [7, 11) is 1.96. The Hall–Kier alpha value is -1.09. The van der Waals surface area contributed by atoms with E-state index in [-0.39, 0.29) is 0 Å². The number of aryl methyl sites for hydroxylation is 2. The van der Waals surface area contributed by atoms with Gasteiger partial charge < -0.3 is 5.32 Å². The van der Waals surface area contributed by atoms with Crippen molar-refractivity contribution in [1.82, 2.24) is 15.1 Å². The van der Waals surface area contributed by atoms with E-state index in [1.54, 1.807) is 0 Å². The van der Waals surface area contributed by atoms with E-state index < -0.39 is 0 Å². The predicted octanol–water partition coefficient (Wildman–Crippen LogP) is 2.93. The number of aromatic nitrogens is 2. The average Bonchev–Trinajstić information content (AvgIpc) is 2.71. The molecule has 0 bridgehead atoms. The number of rotatable bonds is 8. The van der Waals surface area contributed by atoms with Gasteiger partial charge in [0.2, 0.25) is 0 Å². The molecule has 1 N–H and O–H groups in total. The van der Waals surface area contributed by atoms with Crippen LogP contribution < -0.4 is 5.32 Å². The number of hydrogen-bond donors (Lipinski definition) is 1. The predicted molar refractivity (Wildman–Crippen MR) is 77.6 cm³/mol. The average molecular weight is 249 g/mol. The van der Waals surface area contributed by atoms with Crippen molar-refractivity contribution in [2.45, 2.75) is 40.0 Å². The lowest BCUT2D eigenvalue weighted by molar-refractivity contribution is 0.556. The van der Waals surface area contributed by atoms with Crippen LogP contribution in [0.25, 0.3) is 0 Å². The van der Waals surface area contributed by atoms with E-state index in [2.05, 4.69) is 43.5 Å². The normalized spacial score (nSPS) is 12.4. The Balaban J connectivity index is 2.14. The first-order chi connectivity index (χ1) is 8.58. The van der Waals surface area contributed by atoms with Gasteiger partial charge >= 0.3 is 0 Å². The van der Waals surface area contributed by atoms with Crippen LogP contribution in [0.3, 0.4) is 0 Å². The maximum Gasteiger partial charge on any atom is 0.0521 e. The van der Waals surface area contributed by atoms with Gasteiger partial charge in [0.1, 0.15) is 0 Å². The van der Waals surface area contributed by atoms with Gasteiger partial charge in [-0.2, -0.15) is 5.10 Å². The van der Waals surface area contributed by atoms with Gasteiger partial charge in [0.05, 0.1) is 6.20 Å². The van der Waals surface area contributed by atoms with E-state index in [0.29, 0.717) is 0 Å². The molecule has 0 aromatic carbocycles. The van der Waals surface area contributed by atoms with Crippen molar-refractivity contribution in [3.05, 3.63) is 29.6 Å². The van der Waals surface area contributed by atoms with Crippen LogP contribution in [0.1, 0.15) is 39.2 Å². The third-order valence-electron chi connectivity index (χ3n) is 2.93. The fraction of sp³-hybridized carbons (Fsp3) is 0.667. The largest absolute Gasteiger partial charge is 0.316 e. The molecule has 1 aromatic heterocycles. The second kappa shape index (κ2) is 8.09. The highest BCUT2D eigenvalue weighted by atomic mass is 15.2. The zero-order valence-corrected chi connectivity index (χ0v) is 12.2. The summed E-state index contributed by atoms with van der Waals surface area (Å²) >= 11 is 0. The van der Waals surface area contributed by atoms with Crippen molar-refractivity contribution >= 4 is 0 Å². The first kappa shape index (κ1) is 15.0. The van der Waals surface area contributed by atoms with Crippen LogP contribution in [0.5, 0.6) is 0 Å². The lowest BCUT2D eigenvalue weighted by Gasteiger charge is -2.06. The number of nitrogens with one attached hydrogen (secondary N) is 1. The number of nitrogens with zero attached hydrogens (tertiary/aromatic N) is 2. The second-order valence-electron chi connectivity index (χ2n) is 5.46. The Labute approximate surface area is 111 Å². The quantitative estimate of drug-likeness (QED) is 0.567. The van der Waals surface area contributed by atoms with Crippen molar-refractivity contribution in [2.75, 3.05) is 13.1 Å². The van der Waals surface area contributed by atoms with Gasteiger partial charge in [-0.3, -0.25) is 4.68 Å². The molecule has 0 aliphatic heterocycles. The summed E-state index contributed by atoms with van der Waals surface area (Å²) in [5.41, 5.74) is 2.80. The molecule has 1 heterocycles. The summed E-state index contributed by atoms with van der Waals surface area (Å²) in [6, 6.07) is 0. The molecule has 0 saturated carbocycles. The molecule has 0 aliphatic carbocycles. The van der Waals surface area contributed by atoms with E-state index in [4.69, 9.17) is 0 Å². The Morgan fingerprint density at radius 3 is 2.89 bits per heavy atom. The summed E-state index contributed by atoms with van der Waals surface area (Å²) in [6.45, 7) is 8.90. The summed E-state index contributed by atoms with van der Waals surface area (Å²) in [5, 5.41) is 7.64. The zero-order valence-electron chi connectivity index (χ0n) is 12.2. The molecule has 0 unspecified atom stereocenters. The van der Waals surface area contributed by atoms with E-state index in [1.165, 1.54) is 11.1 Å². The molecule has 0 aliphatic rings. The molecule has 0 spiro atoms. The molecular weight excluding hydrogens is 222 g/mol. The third-order valence-corrected chi connectivity index (χ3v) is 2.93. The second-order valence-corrected chi connectivity index (χ2v) is 5.46. The van der Waals surface area contributed by atoms with Crippen molar-refractivity contribution in [3.8, 4) is 0 Å². The summed E-state index contributed by atoms with van der Waals surface area (Å²) in [4.78, 5) is 0. The summed E-state index contributed by atoms with van der Waals surface area (Å²) < 4.78 is 1.87. The van der Waals surface area contributed by atoms with Crippen LogP contribution in [-0.4, -0.2) is 22.9 Å². The van der Waals surface area contributed by atoms with Crippen LogP contribution in [-0.2, 0) is 13.5 Å². The van der Waals surface area contributed by atoms with Crippen LogP contribution in [0.4, 0.5) is 0 Å². The van der Waals surface area contributed by atoms with Crippen molar-refractivity contribution in [2.24, 2.45) is 13.0 Å². The van der Waals surface area contributed by atoms with Gasteiger partial charge in [0.15, 0.2) is 0 Å². The molecule has 18 heavy (non-hydrogen) atoms. The first-order valence-electron chi connectivity index (χ1n) is 6.92. The molecule has 3 nitrogen and oxygen atoms in total. The molecule has 0 amide bonds. The highest BCUT2D eigenvalue weighted by Gasteiger charge is 1.97. The smallest absolute Gasteiger partial charge is 0.0521 e. The van der Waals surface area contributed by atoms with Gasteiger partial charge in [-0.05, 0) is 50.8 Å². The molecule has 0 radical (unpaired) electrons. The van der Waals surface area contributed by atoms with Gasteiger partial charge in [0.25, 0.3) is 0 Å². The molecule has 0 saturated heterocycles. The summed E-state index contributed by atoms with van der Waals surface area (Å²) in [5.74, 6) is 0.737. The standard InChI is InChI=1S/C15H27N3/c1-13(2)10-16-9-5-6-14(3)7-8-15-11-17-18(4)12-15/h6,11-13,16H,5,7-10H2,1-4H3/b14-6-. The fourth-order valence-electron chi connectivity index (χ4n) is 1.86. The monoisotopic (exact) mass is 249 g/mol. The molecule has 1 rings (SSSR count). The van der Waals surface area contributed by atoms with Crippen molar-refractivity contribution < 1.29 is 0 Å². The van der Waals surface area contributed by atoms with Crippen LogP contribution in [0, 0.1) is 5.92 Å². The minimum atomic E-state index is 0.737. The lowest BCUT2D eigenvalue weighted by atomic mass is 10.1. The van der Waals surface area contributed by atoms with E-state index >= 15 is 0 Å². The first-order valence-corrected chi connectivity index (χ1v) is 6.92. The van der Waals surface area contributed by atoms with E-state index in [9.17, 15) is 0 Å². The Bertz CT molecular complexity index is 364. The van der Waals surface area contributed by atoms with Crippen molar-refractivity contribution in [3.63, 3.8) is 0 Å². The van der Waals surface area contributed by atoms with Crippen LogP contribution in [0.2, 0.25) is 0 Å². The number of allylic oxidation sites excluding steroid dienone is 1. The van der Waals surface area contributed by atoms with Crippen LogP contribution >= 0.6 is 0 Å². The number of hydrogen-bond acceptors (Lipinski definition) is 2. The lowest BCUT2D eigenvalue weighted by Crippen LogP contribution is -2.20. The Morgan fingerprint density at radius 1 is 1.50 bits per heavy atom. The minimum absolute atomic E-state index is 0.737.